The molecule has 4 heavy (non-hydrogen) atoms. The van der Waals surface area contributed by atoms with Gasteiger partial charge in [0.2, 0.25) is 0 Å². The molecule has 2 N–H and O–H groups in total. The Bertz CT molecular complexity index is 13.5. The summed E-state index contributed by atoms with van der Waals surface area (Å²) in [5.74, 6) is 0. The zero-order valence-electron chi connectivity index (χ0n) is 4.99. The molecule has 0 unspecified atom stereocenters. The molecule has 0 aromatic heterocycles. The third-order valence-corrected chi connectivity index (χ3v) is 1.50. The molecule has 0 atom stereocenters. The van der Waals surface area contributed by atoms with Gasteiger partial charge in [-0.2, -0.15) is 0 Å². The maximum absolute atomic E-state index is 5.22. The Hall–Kier alpha value is 0.503. The Morgan fingerprint density at radius 3 is 2.50 bits per heavy atom. The van der Waals surface area contributed by atoms with Gasteiger partial charge in [-0.05, 0) is 0 Å². The molecular formula is C2H11GeN-2. The van der Waals surface area contributed by atoms with E-state index in [1.54, 1.807) is 0 Å². The van der Waals surface area contributed by atoms with Gasteiger partial charge in [0.25, 0.3) is 0 Å². The van der Waals surface area contributed by atoms with E-state index in [2.05, 4.69) is 6.92 Å². The number of nitrogens with two attached hydrogens (primary N) is 1. The molecule has 30 valence electrons. The summed E-state index contributed by atoms with van der Waals surface area (Å²) in [5, 5.41) is 1.28. The van der Waals surface area contributed by atoms with Gasteiger partial charge in [-0.1, -0.05) is 0 Å². The summed E-state index contributed by atoms with van der Waals surface area (Å²) in [6.45, 7) is 2.14. The third kappa shape index (κ3) is 2.50. The van der Waals surface area contributed by atoms with Gasteiger partial charge < -0.3 is 2.85 Å². The van der Waals surface area contributed by atoms with E-state index in [-0.39, 0.29) is 18.5 Å². The van der Waals surface area contributed by atoms with Gasteiger partial charge >= 0.3 is 32.5 Å². The summed E-state index contributed by atoms with van der Waals surface area (Å²) in [4.78, 5) is 0. The van der Waals surface area contributed by atoms with Crippen molar-refractivity contribution in [2.24, 2.45) is 4.69 Å². The summed E-state index contributed by atoms with van der Waals surface area (Å²) in [5.41, 5.74) is 0. The van der Waals surface area contributed by atoms with Gasteiger partial charge in [0.05, 0.1) is 0 Å². The minimum atomic E-state index is -0.389. The first kappa shape index (κ1) is 4.50. The molecule has 0 aliphatic heterocycles. The first-order chi connectivity index (χ1) is 1.91. The summed E-state index contributed by atoms with van der Waals surface area (Å²) in [7, 11) is 0. The van der Waals surface area contributed by atoms with Crippen molar-refractivity contribution in [3.63, 3.8) is 0 Å². The summed E-state index contributed by atoms with van der Waals surface area (Å²) >= 11 is -0.389. The summed E-state index contributed by atoms with van der Waals surface area (Å²) in [6.07, 6.45) is 0. The van der Waals surface area contributed by atoms with Gasteiger partial charge in [0.1, 0.15) is 0 Å². The Morgan fingerprint density at radius 2 is 2.50 bits per heavy atom. The minimum Gasteiger partial charge on any atom is -1.00 e. The average Bonchev–Trinajstić information content (AvgIpc) is 1.37. The molecule has 0 heterocycles. The van der Waals surface area contributed by atoms with Crippen LogP contribution in [0, 0.1) is 0 Å². The first-order valence-corrected chi connectivity index (χ1v) is 5.43. The monoisotopic (exact) mass is 123 g/mol. The van der Waals surface area contributed by atoms with E-state index < -0.39 is 0 Å². The van der Waals surface area contributed by atoms with Gasteiger partial charge in [-0.3, -0.25) is 0 Å². The van der Waals surface area contributed by atoms with Crippen LogP contribution in [0.25, 0.3) is 0 Å². The SMILES string of the molecule is C[CH2][GeH2][NH2].[H-].[H-]. The van der Waals surface area contributed by atoms with Crippen molar-refractivity contribution < 1.29 is 2.85 Å². The fourth-order valence-corrected chi connectivity index (χ4v) is 0. The van der Waals surface area contributed by atoms with Crippen LogP contribution in [-0.2, 0) is 0 Å². The van der Waals surface area contributed by atoms with Crippen molar-refractivity contribution in [2.45, 2.75) is 12.2 Å². The van der Waals surface area contributed by atoms with E-state index in [0.717, 1.165) is 0 Å². The van der Waals surface area contributed by atoms with Crippen molar-refractivity contribution in [3.8, 4) is 0 Å². The quantitative estimate of drug-likeness (QED) is 0.474. The molecule has 2 heteroatoms. The molecule has 0 aliphatic rings. The van der Waals surface area contributed by atoms with Gasteiger partial charge in [0.15, 0.2) is 0 Å². The van der Waals surface area contributed by atoms with E-state index in [9.17, 15) is 0 Å². The first-order valence-electron chi connectivity index (χ1n) is 1.62. The molecule has 0 aromatic rings. The number of hydrogen-bond acceptors (Lipinski definition) is 1. The van der Waals surface area contributed by atoms with Crippen LogP contribution < -0.4 is 4.69 Å². The van der Waals surface area contributed by atoms with Crippen LogP contribution in [-0.4, -0.2) is 15.7 Å². The predicted octanol–water partition coefficient (Wildman–Crippen LogP) is -0.308. The molecule has 0 aromatic carbocycles. The third-order valence-electron chi connectivity index (χ3n) is 0.289. The van der Waals surface area contributed by atoms with Gasteiger partial charge in [-0.15, -0.1) is 0 Å². The molecule has 0 fully saturated rings. The molecule has 0 bridgehead atoms. The molecule has 0 saturated heterocycles. The Morgan fingerprint density at radius 1 is 2.25 bits per heavy atom. The molecule has 0 aliphatic carbocycles. The fourth-order valence-electron chi connectivity index (χ4n) is 0. The Balaban J connectivity index is -0.0000000450. The normalized spacial score (nSPS) is 10.5. The van der Waals surface area contributed by atoms with Crippen molar-refractivity contribution in [1.29, 1.82) is 0 Å². The summed E-state index contributed by atoms with van der Waals surface area (Å²) in [6, 6.07) is 0. The second-order valence-corrected chi connectivity index (χ2v) is 4.10. The van der Waals surface area contributed by atoms with Crippen molar-refractivity contribution >= 4 is 15.7 Å². The largest absolute Gasteiger partial charge is 1.00 e. The van der Waals surface area contributed by atoms with Gasteiger partial charge in [-0.25, -0.2) is 0 Å². The van der Waals surface area contributed by atoms with E-state index in [1.165, 1.54) is 5.25 Å². The van der Waals surface area contributed by atoms with E-state index >= 15 is 0 Å². The van der Waals surface area contributed by atoms with Crippen LogP contribution in [0.3, 0.4) is 0 Å². The molecule has 1 nitrogen and oxygen atoms in total. The Labute approximate surface area is 36.2 Å². The zero-order chi connectivity index (χ0) is 3.41. The van der Waals surface area contributed by atoms with Crippen LogP contribution in [0.4, 0.5) is 0 Å². The smallest absolute Gasteiger partial charge is 1.00 e. The van der Waals surface area contributed by atoms with Crippen molar-refractivity contribution in [1.82, 2.24) is 0 Å². The maximum Gasteiger partial charge on any atom is -1.00 e. The molecule has 0 spiro atoms. The molecule has 0 radical (unpaired) electrons. The molecular weight excluding hydrogens is 111 g/mol. The second-order valence-electron chi connectivity index (χ2n) is 0.789. The minimum absolute atomic E-state index is 0. The van der Waals surface area contributed by atoms with Crippen LogP contribution in [0.5, 0.6) is 0 Å². The van der Waals surface area contributed by atoms with Crippen LogP contribution in [0.15, 0.2) is 0 Å². The predicted molar refractivity (Wildman–Crippen MR) is 25.4 cm³/mol. The van der Waals surface area contributed by atoms with E-state index in [0.29, 0.717) is 0 Å². The van der Waals surface area contributed by atoms with Crippen LogP contribution in [0.1, 0.15) is 9.78 Å². The van der Waals surface area contributed by atoms with Crippen LogP contribution >= 0.6 is 0 Å². The number of rotatable bonds is 1. The maximum atomic E-state index is 5.22. The second kappa shape index (κ2) is 3.50. The van der Waals surface area contributed by atoms with Crippen molar-refractivity contribution in [2.75, 3.05) is 0 Å². The Kier molecular flexibility index (Phi) is 3.94. The van der Waals surface area contributed by atoms with E-state index in [4.69, 9.17) is 4.69 Å². The standard InChI is InChI=1S/C2H9GeN.2H/c1-2-3-4;;/h2-4H2,1H3;;/q;2*-1. The van der Waals surface area contributed by atoms with E-state index in [1.807, 2.05) is 0 Å². The molecule has 0 amide bonds. The van der Waals surface area contributed by atoms with Gasteiger partial charge in [0, 0.05) is 0 Å². The zero-order valence-corrected chi connectivity index (χ0v) is 5.96. The molecule has 0 rings (SSSR count). The average molecular weight is 122 g/mol. The summed E-state index contributed by atoms with van der Waals surface area (Å²) < 4.78 is 5.22. The molecule has 0 saturated carbocycles. The topological polar surface area (TPSA) is 26.0 Å². The van der Waals surface area contributed by atoms with Crippen LogP contribution in [0.2, 0.25) is 5.25 Å². The number of hydrogen-bond donors (Lipinski definition) is 1. The van der Waals surface area contributed by atoms with Crippen molar-refractivity contribution in [3.05, 3.63) is 0 Å². The fraction of sp³-hybridized carbons (Fsp3) is 1.00.